The summed E-state index contributed by atoms with van der Waals surface area (Å²) in [5.74, 6) is -0.673. The second-order valence-electron chi connectivity index (χ2n) is 7.18. The summed E-state index contributed by atoms with van der Waals surface area (Å²) in [5, 5.41) is 12.8. The first-order chi connectivity index (χ1) is 15.9. The largest absolute Gasteiger partial charge is 0.490 e. The maximum Gasteiger partial charge on any atom is 0.490 e. The summed E-state index contributed by atoms with van der Waals surface area (Å²) in [5.41, 5.74) is 1.75. The fourth-order valence-corrected chi connectivity index (χ4v) is 6.05. The normalized spacial score (nSPS) is 26.1. The molecule has 1 aliphatic heterocycles. The molecule has 0 aromatic carbocycles. The molecule has 2 heterocycles. The third-order valence-electron chi connectivity index (χ3n) is 4.45. The predicted octanol–water partition coefficient (Wildman–Crippen LogP) is -2.93. The van der Waals surface area contributed by atoms with E-state index in [1.165, 1.54) is 6.92 Å². The van der Waals surface area contributed by atoms with Gasteiger partial charge in [0.05, 0.1) is 25.8 Å². The van der Waals surface area contributed by atoms with Gasteiger partial charge in [-0.15, -0.1) is 0 Å². The van der Waals surface area contributed by atoms with E-state index in [9.17, 15) is 43.0 Å². The van der Waals surface area contributed by atoms with E-state index < -0.39 is 84.7 Å². The Kier molecular flexibility index (Phi) is 9.17. The topological polar surface area (TPSA) is 299 Å². The molecule has 1 aliphatic rings. The van der Waals surface area contributed by atoms with Crippen molar-refractivity contribution in [2.45, 2.75) is 31.3 Å². The molecule has 2 rings (SSSR count). The maximum atomic E-state index is 12.4. The summed E-state index contributed by atoms with van der Waals surface area (Å²) >= 11 is 0. The van der Waals surface area contributed by atoms with Crippen LogP contribution in [0, 0.1) is 6.92 Å². The van der Waals surface area contributed by atoms with Crippen molar-refractivity contribution in [3.8, 4) is 0 Å². The number of phosphoric ester groups is 1. The standard InChI is InChI=1S/C13H23N4O15P3/c1-7-4-17(12(21)16-11(7)20)13(6-15-10(19)3-14)2-8(18)9(30-13)5-29-34(25,26)32-35(27,28)31-33(22,23)24/h4,8-9,18H,2-3,5-6,14H2,1H3,(H,15,19)(H,25,26)(H,27,28)(H,16,20,21)(H2,22,23,24)/t8-,9+,13-/m0/s1. The zero-order valence-electron chi connectivity index (χ0n) is 17.7. The van der Waals surface area contributed by atoms with Gasteiger partial charge in [-0.25, -0.2) is 18.5 Å². The number of hydrogen-bond acceptors (Lipinski definition) is 12. The van der Waals surface area contributed by atoms with Crippen LogP contribution in [0.5, 0.6) is 0 Å². The van der Waals surface area contributed by atoms with E-state index in [0.29, 0.717) is 0 Å². The number of ether oxygens (including phenoxy) is 1. The number of aryl methyl sites for hydroxylation is 1. The number of nitrogens with zero attached hydrogens (tertiary/aromatic N) is 1. The highest BCUT2D eigenvalue weighted by Crippen LogP contribution is 2.66. The lowest BCUT2D eigenvalue weighted by molar-refractivity contribution is -0.130. The van der Waals surface area contributed by atoms with Crippen molar-refractivity contribution in [3.05, 3.63) is 32.6 Å². The molecular formula is C13H23N4O15P3. The second-order valence-corrected chi connectivity index (χ2v) is 11.6. The lowest BCUT2D eigenvalue weighted by Gasteiger charge is -2.31. The van der Waals surface area contributed by atoms with Crippen molar-refractivity contribution in [2.24, 2.45) is 5.73 Å². The number of nitrogens with two attached hydrogens (primary N) is 1. The van der Waals surface area contributed by atoms with E-state index in [1.54, 1.807) is 0 Å². The fourth-order valence-electron chi connectivity index (χ4n) is 3.02. The maximum absolute atomic E-state index is 12.4. The van der Waals surface area contributed by atoms with Crippen molar-refractivity contribution in [3.63, 3.8) is 0 Å². The van der Waals surface area contributed by atoms with E-state index in [-0.39, 0.29) is 5.56 Å². The molecule has 19 nitrogen and oxygen atoms in total. The molecule has 35 heavy (non-hydrogen) atoms. The molecule has 1 aromatic rings. The Labute approximate surface area is 195 Å². The van der Waals surface area contributed by atoms with E-state index in [1.807, 2.05) is 4.98 Å². The SMILES string of the molecule is Cc1cn([C@@]2(CNC(=O)CN)C[C@H](O)[C@@H](COP(=O)(O)OP(=O)(O)OP(=O)(O)O)O2)c(=O)[nH]c1=O. The summed E-state index contributed by atoms with van der Waals surface area (Å²) in [6.45, 7) is -0.557. The van der Waals surface area contributed by atoms with Crippen LogP contribution in [0.3, 0.4) is 0 Å². The average Bonchev–Trinajstić information content (AvgIpc) is 3.01. The molecule has 22 heteroatoms. The molecule has 1 fully saturated rings. The van der Waals surface area contributed by atoms with Gasteiger partial charge in [-0.3, -0.25) is 23.7 Å². The zero-order chi connectivity index (χ0) is 26.8. The Morgan fingerprint density at radius 3 is 2.46 bits per heavy atom. The van der Waals surface area contributed by atoms with Crippen molar-refractivity contribution in [1.82, 2.24) is 14.9 Å². The number of aliphatic hydroxyl groups is 1. The minimum Gasteiger partial charge on any atom is -0.390 e. The predicted molar refractivity (Wildman–Crippen MR) is 111 cm³/mol. The highest BCUT2D eigenvalue weighted by molar-refractivity contribution is 7.66. The van der Waals surface area contributed by atoms with Crippen molar-refractivity contribution < 1.29 is 61.1 Å². The summed E-state index contributed by atoms with van der Waals surface area (Å²) in [6, 6.07) is 0. The Balaban J connectivity index is 2.26. The first-order valence-electron chi connectivity index (χ1n) is 9.33. The average molecular weight is 568 g/mol. The van der Waals surface area contributed by atoms with Gasteiger partial charge in [-0.1, -0.05) is 0 Å². The molecule has 1 amide bonds. The Bertz CT molecular complexity index is 1210. The number of phosphoric acid groups is 3. The van der Waals surface area contributed by atoms with Crippen molar-refractivity contribution in [1.29, 1.82) is 0 Å². The second kappa shape index (κ2) is 10.8. The summed E-state index contributed by atoms with van der Waals surface area (Å²) in [7, 11) is -16.9. The molecule has 200 valence electrons. The van der Waals surface area contributed by atoms with Crippen molar-refractivity contribution in [2.75, 3.05) is 19.7 Å². The van der Waals surface area contributed by atoms with Crippen LogP contribution in [-0.2, 0) is 42.1 Å². The van der Waals surface area contributed by atoms with E-state index in [0.717, 1.165) is 10.8 Å². The van der Waals surface area contributed by atoms with Crippen LogP contribution in [0.1, 0.15) is 12.0 Å². The number of aliphatic hydroxyl groups excluding tert-OH is 1. The van der Waals surface area contributed by atoms with Crippen LogP contribution >= 0.6 is 23.5 Å². The van der Waals surface area contributed by atoms with Gasteiger partial charge in [0.25, 0.3) is 5.56 Å². The first kappa shape index (κ1) is 29.7. The van der Waals surface area contributed by atoms with Gasteiger partial charge < -0.3 is 40.5 Å². The van der Waals surface area contributed by atoms with Crippen LogP contribution in [0.4, 0.5) is 0 Å². The van der Waals surface area contributed by atoms with Gasteiger partial charge in [0.2, 0.25) is 5.91 Å². The molecule has 0 spiro atoms. The van der Waals surface area contributed by atoms with E-state index in [2.05, 4.69) is 18.5 Å². The summed E-state index contributed by atoms with van der Waals surface area (Å²) in [6.07, 6.45) is -2.38. The van der Waals surface area contributed by atoms with Crippen molar-refractivity contribution >= 4 is 29.4 Å². The number of carbonyl (C=O) groups is 1. The smallest absolute Gasteiger partial charge is 0.390 e. The number of aromatic amines is 1. The molecule has 5 atom stereocenters. The molecule has 1 saturated heterocycles. The van der Waals surface area contributed by atoms with Crippen LogP contribution in [-0.4, -0.2) is 72.0 Å². The molecule has 0 bridgehead atoms. The molecule has 9 N–H and O–H groups in total. The molecule has 0 radical (unpaired) electrons. The van der Waals surface area contributed by atoms with Gasteiger partial charge >= 0.3 is 29.2 Å². The number of H-pyrrole nitrogens is 1. The lowest BCUT2D eigenvalue weighted by atomic mass is 10.1. The number of carbonyl (C=O) groups excluding carboxylic acids is 1. The fraction of sp³-hybridized carbons (Fsp3) is 0.615. The molecule has 0 saturated carbocycles. The Morgan fingerprint density at radius 1 is 1.26 bits per heavy atom. The minimum atomic E-state index is -5.77. The summed E-state index contributed by atoms with van der Waals surface area (Å²) < 4.78 is 52.2. The molecular weight excluding hydrogens is 545 g/mol. The Morgan fingerprint density at radius 2 is 1.89 bits per heavy atom. The number of hydrogen-bond donors (Lipinski definition) is 8. The van der Waals surface area contributed by atoms with E-state index >= 15 is 0 Å². The van der Waals surface area contributed by atoms with Gasteiger partial charge in [0, 0.05) is 18.2 Å². The lowest BCUT2D eigenvalue weighted by Crippen LogP contribution is -2.52. The van der Waals surface area contributed by atoms with Gasteiger partial charge in [-0.05, 0) is 6.92 Å². The van der Waals surface area contributed by atoms with E-state index in [4.69, 9.17) is 20.3 Å². The summed E-state index contributed by atoms with van der Waals surface area (Å²) in [4.78, 5) is 73.7. The van der Waals surface area contributed by atoms with Gasteiger partial charge in [0.1, 0.15) is 6.10 Å². The molecule has 1 aromatic heterocycles. The minimum absolute atomic E-state index is 0.0592. The van der Waals surface area contributed by atoms with Gasteiger partial charge in [0.15, 0.2) is 5.72 Å². The third-order valence-corrected chi connectivity index (χ3v) is 8.25. The first-order valence-corrected chi connectivity index (χ1v) is 13.8. The highest BCUT2D eigenvalue weighted by atomic mass is 31.3. The number of aromatic nitrogens is 2. The molecule has 0 aliphatic carbocycles. The number of amides is 1. The highest BCUT2D eigenvalue weighted by Gasteiger charge is 2.50. The van der Waals surface area contributed by atoms with Crippen LogP contribution in [0.25, 0.3) is 0 Å². The zero-order valence-corrected chi connectivity index (χ0v) is 20.4. The Hall–Kier alpha value is -1.56. The van der Waals surface area contributed by atoms with Gasteiger partial charge in [-0.2, -0.15) is 8.62 Å². The monoisotopic (exact) mass is 568 g/mol. The number of rotatable bonds is 11. The van der Waals surface area contributed by atoms with Crippen LogP contribution in [0.2, 0.25) is 0 Å². The quantitative estimate of drug-likeness (QED) is 0.124. The van der Waals surface area contributed by atoms with Crippen LogP contribution in [0.15, 0.2) is 15.8 Å². The third kappa shape index (κ3) is 8.23. The van der Waals surface area contributed by atoms with Crippen LogP contribution < -0.4 is 22.3 Å². The molecule has 2 unspecified atom stereocenters. The number of nitrogens with one attached hydrogen (secondary N) is 2.